The lowest BCUT2D eigenvalue weighted by molar-refractivity contribution is -0.117. The minimum absolute atomic E-state index is 0.262. The molecular formula is C16H16O. The first-order chi connectivity index (χ1) is 8.29. The number of rotatable bonds is 4. The van der Waals surface area contributed by atoms with Crippen LogP contribution < -0.4 is 0 Å². The number of ketones is 1. The van der Waals surface area contributed by atoms with Gasteiger partial charge in [0.25, 0.3) is 0 Å². The molecule has 0 saturated carbocycles. The second-order valence-corrected chi connectivity index (χ2v) is 4.17. The lowest BCUT2D eigenvalue weighted by Crippen LogP contribution is -2.00. The third-order valence-corrected chi connectivity index (χ3v) is 2.80. The average molecular weight is 224 g/mol. The van der Waals surface area contributed by atoms with Crippen LogP contribution in [0.4, 0.5) is 0 Å². The van der Waals surface area contributed by atoms with Crippen LogP contribution in [-0.2, 0) is 11.2 Å². The lowest BCUT2D eigenvalue weighted by Gasteiger charge is -2.02. The fourth-order valence-electron chi connectivity index (χ4n) is 1.90. The second kappa shape index (κ2) is 5.44. The summed E-state index contributed by atoms with van der Waals surface area (Å²) in [4.78, 5) is 11.7. The third-order valence-electron chi connectivity index (χ3n) is 2.80. The summed E-state index contributed by atoms with van der Waals surface area (Å²) in [5.41, 5.74) is 1.10. The Bertz CT molecular complexity index is 552. The van der Waals surface area contributed by atoms with E-state index >= 15 is 0 Å². The Morgan fingerprint density at radius 1 is 1.12 bits per heavy atom. The summed E-state index contributed by atoms with van der Waals surface area (Å²) >= 11 is 0. The molecule has 17 heavy (non-hydrogen) atoms. The van der Waals surface area contributed by atoms with Gasteiger partial charge in [0, 0.05) is 12.8 Å². The zero-order valence-electron chi connectivity index (χ0n) is 10.0. The van der Waals surface area contributed by atoms with Gasteiger partial charge < -0.3 is 0 Å². The maximum atomic E-state index is 11.7. The van der Waals surface area contributed by atoms with E-state index in [0.29, 0.717) is 12.8 Å². The number of hydrogen-bond acceptors (Lipinski definition) is 1. The van der Waals surface area contributed by atoms with Crippen molar-refractivity contribution in [2.24, 2.45) is 0 Å². The minimum Gasteiger partial charge on any atom is -0.299 e. The van der Waals surface area contributed by atoms with E-state index in [-0.39, 0.29) is 5.78 Å². The van der Waals surface area contributed by atoms with Gasteiger partial charge in [-0.1, -0.05) is 54.6 Å². The van der Waals surface area contributed by atoms with E-state index in [4.69, 9.17) is 0 Å². The molecule has 86 valence electrons. The van der Waals surface area contributed by atoms with Gasteiger partial charge in [0.1, 0.15) is 5.78 Å². The molecule has 0 N–H and O–H groups in total. The predicted octanol–water partition coefficient (Wildman–Crippen LogP) is 3.92. The number of carbonyl (C=O) groups is 1. The van der Waals surface area contributed by atoms with Gasteiger partial charge in [0.05, 0.1) is 0 Å². The summed E-state index contributed by atoms with van der Waals surface area (Å²) < 4.78 is 0. The van der Waals surface area contributed by atoms with Crippen molar-refractivity contribution < 1.29 is 4.79 Å². The molecule has 0 aliphatic heterocycles. The van der Waals surface area contributed by atoms with Crippen molar-refractivity contribution in [2.45, 2.75) is 19.8 Å². The van der Waals surface area contributed by atoms with Crippen LogP contribution in [0, 0.1) is 0 Å². The van der Waals surface area contributed by atoms with E-state index in [0.717, 1.165) is 5.56 Å². The predicted molar refractivity (Wildman–Crippen MR) is 72.1 cm³/mol. The SMILES string of the molecule is C/C=C/CC(=O)Cc1ccc2ccccc2c1. The van der Waals surface area contributed by atoms with Crippen molar-refractivity contribution in [1.29, 1.82) is 0 Å². The maximum absolute atomic E-state index is 11.7. The smallest absolute Gasteiger partial charge is 0.141 e. The van der Waals surface area contributed by atoms with Crippen LogP contribution in [0.15, 0.2) is 54.6 Å². The van der Waals surface area contributed by atoms with E-state index in [1.165, 1.54) is 10.8 Å². The highest BCUT2D eigenvalue weighted by molar-refractivity contribution is 5.86. The fraction of sp³-hybridized carbons (Fsp3) is 0.188. The van der Waals surface area contributed by atoms with Crippen LogP contribution in [0.3, 0.4) is 0 Å². The fourth-order valence-corrected chi connectivity index (χ4v) is 1.90. The Labute approximate surface area is 102 Å². The van der Waals surface area contributed by atoms with Gasteiger partial charge in [-0.2, -0.15) is 0 Å². The number of Topliss-reactive ketones (excluding diaryl/α,β-unsaturated/α-hetero) is 1. The molecule has 0 spiro atoms. The van der Waals surface area contributed by atoms with Gasteiger partial charge in [-0.3, -0.25) is 4.79 Å². The molecule has 0 amide bonds. The molecule has 0 radical (unpaired) electrons. The van der Waals surface area contributed by atoms with Crippen molar-refractivity contribution in [1.82, 2.24) is 0 Å². The molecule has 0 aliphatic rings. The Balaban J connectivity index is 2.16. The van der Waals surface area contributed by atoms with Crippen LogP contribution in [-0.4, -0.2) is 5.78 Å². The maximum Gasteiger partial charge on any atom is 0.141 e. The van der Waals surface area contributed by atoms with Gasteiger partial charge in [-0.15, -0.1) is 0 Å². The lowest BCUT2D eigenvalue weighted by atomic mass is 10.0. The molecule has 2 aromatic carbocycles. The van der Waals surface area contributed by atoms with Crippen molar-refractivity contribution in [3.8, 4) is 0 Å². The highest BCUT2D eigenvalue weighted by atomic mass is 16.1. The van der Waals surface area contributed by atoms with Crippen molar-refractivity contribution >= 4 is 16.6 Å². The molecule has 0 saturated heterocycles. The quantitative estimate of drug-likeness (QED) is 0.719. The van der Waals surface area contributed by atoms with Gasteiger partial charge in [-0.05, 0) is 23.3 Å². The number of hydrogen-bond donors (Lipinski definition) is 0. The highest BCUT2D eigenvalue weighted by Crippen LogP contribution is 2.16. The molecule has 1 nitrogen and oxygen atoms in total. The molecule has 0 aliphatic carbocycles. The number of fused-ring (bicyclic) bond motifs is 1. The third kappa shape index (κ3) is 3.04. The molecule has 0 unspecified atom stereocenters. The molecule has 0 fully saturated rings. The Morgan fingerprint density at radius 3 is 2.65 bits per heavy atom. The number of allylic oxidation sites excluding steroid dienone is 2. The minimum atomic E-state index is 0.262. The van der Waals surface area contributed by atoms with E-state index in [2.05, 4.69) is 24.3 Å². The van der Waals surface area contributed by atoms with Gasteiger partial charge >= 0.3 is 0 Å². The summed E-state index contributed by atoms with van der Waals surface area (Å²) in [5.74, 6) is 0.262. The van der Waals surface area contributed by atoms with E-state index in [1.54, 1.807) is 0 Å². The van der Waals surface area contributed by atoms with Gasteiger partial charge in [0.2, 0.25) is 0 Å². The summed E-state index contributed by atoms with van der Waals surface area (Å²) in [7, 11) is 0. The molecule has 2 aromatic rings. The molecule has 2 rings (SSSR count). The summed E-state index contributed by atoms with van der Waals surface area (Å²) in [6.45, 7) is 1.93. The number of benzene rings is 2. The first-order valence-corrected chi connectivity index (χ1v) is 5.90. The van der Waals surface area contributed by atoms with E-state index in [1.807, 2.05) is 37.3 Å². The molecule has 0 heterocycles. The molecule has 0 atom stereocenters. The normalized spacial score (nSPS) is 11.1. The highest BCUT2D eigenvalue weighted by Gasteiger charge is 2.02. The Kier molecular flexibility index (Phi) is 3.71. The molecule has 1 heteroatoms. The molecule has 0 aromatic heterocycles. The van der Waals surface area contributed by atoms with Crippen LogP contribution in [0.5, 0.6) is 0 Å². The average Bonchev–Trinajstić information content (AvgIpc) is 2.36. The van der Waals surface area contributed by atoms with Gasteiger partial charge in [0.15, 0.2) is 0 Å². The van der Waals surface area contributed by atoms with Crippen LogP contribution in [0.2, 0.25) is 0 Å². The first kappa shape index (κ1) is 11.6. The standard InChI is InChI=1S/C16H16O/c1-2-3-8-16(17)12-13-9-10-14-6-4-5-7-15(14)11-13/h2-7,9-11H,8,12H2,1H3/b3-2+. The molecular weight excluding hydrogens is 208 g/mol. The summed E-state index contributed by atoms with van der Waals surface area (Å²) in [6.07, 6.45) is 4.88. The topological polar surface area (TPSA) is 17.1 Å². The van der Waals surface area contributed by atoms with Crippen molar-refractivity contribution in [3.05, 3.63) is 60.2 Å². The molecule has 0 bridgehead atoms. The van der Waals surface area contributed by atoms with Crippen molar-refractivity contribution in [3.63, 3.8) is 0 Å². The summed E-state index contributed by atoms with van der Waals surface area (Å²) in [6, 6.07) is 14.4. The van der Waals surface area contributed by atoms with E-state index in [9.17, 15) is 4.79 Å². The van der Waals surface area contributed by atoms with Crippen LogP contribution in [0.1, 0.15) is 18.9 Å². The van der Waals surface area contributed by atoms with Crippen LogP contribution in [0.25, 0.3) is 10.8 Å². The first-order valence-electron chi connectivity index (χ1n) is 5.90. The van der Waals surface area contributed by atoms with Crippen molar-refractivity contribution in [2.75, 3.05) is 0 Å². The van der Waals surface area contributed by atoms with Crippen LogP contribution >= 0.6 is 0 Å². The van der Waals surface area contributed by atoms with E-state index < -0.39 is 0 Å². The summed E-state index contributed by atoms with van der Waals surface area (Å²) in [5, 5.41) is 2.42. The zero-order valence-corrected chi connectivity index (χ0v) is 10.0. The second-order valence-electron chi connectivity index (χ2n) is 4.17. The zero-order chi connectivity index (χ0) is 12.1. The monoisotopic (exact) mass is 224 g/mol. The van der Waals surface area contributed by atoms with Gasteiger partial charge in [-0.25, -0.2) is 0 Å². The Hall–Kier alpha value is -1.89. The largest absolute Gasteiger partial charge is 0.299 e. The Morgan fingerprint density at radius 2 is 1.88 bits per heavy atom. The number of carbonyl (C=O) groups excluding carboxylic acids is 1.